The maximum atomic E-state index is 12.2. The minimum atomic E-state index is -3.39. The lowest BCUT2D eigenvalue weighted by atomic mass is 10.3. The standard InChI is InChI=1S/C15H21N3O2S3/c1-2-13-5-6-14(22-13)23(19,20)16-8-7-12-11-21-15(17-12)18-9-3-4-10-18/h5-6,11,16H,2-4,7-10H2,1H3. The summed E-state index contributed by atoms with van der Waals surface area (Å²) in [6, 6.07) is 3.56. The molecule has 126 valence electrons. The van der Waals surface area contributed by atoms with Gasteiger partial charge in [-0.1, -0.05) is 6.92 Å². The maximum Gasteiger partial charge on any atom is 0.250 e. The molecule has 1 fully saturated rings. The number of anilines is 1. The van der Waals surface area contributed by atoms with E-state index in [1.54, 1.807) is 17.4 Å². The summed E-state index contributed by atoms with van der Waals surface area (Å²) in [7, 11) is -3.39. The van der Waals surface area contributed by atoms with Gasteiger partial charge in [0.2, 0.25) is 10.0 Å². The van der Waals surface area contributed by atoms with E-state index in [-0.39, 0.29) is 0 Å². The summed E-state index contributed by atoms with van der Waals surface area (Å²) in [4.78, 5) is 8.00. The van der Waals surface area contributed by atoms with Crippen LogP contribution in [-0.4, -0.2) is 33.0 Å². The molecule has 0 spiro atoms. The van der Waals surface area contributed by atoms with E-state index in [1.807, 2.05) is 18.4 Å². The van der Waals surface area contributed by atoms with Crippen LogP contribution in [-0.2, 0) is 22.9 Å². The first kappa shape index (κ1) is 16.9. The summed E-state index contributed by atoms with van der Waals surface area (Å²) in [5.74, 6) is 0. The number of thiophene rings is 1. The van der Waals surface area contributed by atoms with E-state index < -0.39 is 10.0 Å². The Kier molecular flexibility index (Phi) is 5.35. The smallest absolute Gasteiger partial charge is 0.250 e. The first-order valence-electron chi connectivity index (χ1n) is 7.86. The second-order valence-corrected chi connectivity index (χ2v) is 9.54. The number of thiazole rings is 1. The molecule has 0 bridgehead atoms. The highest BCUT2D eigenvalue weighted by Crippen LogP contribution is 2.25. The molecule has 0 atom stereocenters. The minimum absolute atomic E-state index is 0.380. The average molecular weight is 372 g/mol. The molecule has 3 heterocycles. The fourth-order valence-corrected chi connectivity index (χ4v) is 5.83. The Morgan fingerprint density at radius 3 is 2.78 bits per heavy atom. The van der Waals surface area contributed by atoms with Crippen molar-refractivity contribution in [2.45, 2.75) is 36.8 Å². The zero-order chi connectivity index (χ0) is 16.3. The fraction of sp³-hybridized carbons (Fsp3) is 0.533. The zero-order valence-corrected chi connectivity index (χ0v) is 15.6. The molecule has 2 aromatic rings. The van der Waals surface area contributed by atoms with Crippen molar-refractivity contribution < 1.29 is 8.42 Å². The largest absolute Gasteiger partial charge is 0.348 e. The van der Waals surface area contributed by atoms with Crippen molar-refractivity contribution in [3.05, 3.63) is 28.1 Å². The second-order valence-electron chi connectivity index (χ2n) is 5.54. The van der Waals surface area contributed by atoms with E-state index >= 15 is 0 Å². The van der Waals surface area contributed by atoms with E-state index in [4.69, 9.17) is 0 Å². The van der Waals surface area contributed by atoms with Gasteiger partial charge in [0.25, 0.3) is 0 Å². The van der Waals surface area contributed by atoms with E-state index in [0.717, 1.165) is 35.2 Å². The van der Waals surface area contributed by atoms with Crippen molar-refractivity contribution in [3.63, 3.8) is 0 Å². The molecule has 2 aromatic heterocycles. The molecule has 1 N–H and O–H groups in total. The third kappa shape index (κ3) is 4.12. The van der Waals surface area contributed by atoms with Crippen LogP contribution in [0.2, 0.25) is 0 Å². The van der Waals surface area contributed by atoms with Crippen LogP contribution in [0.3, 0.4) is 0 Å². The number of aryl methyl sites for hydroxylation is 1. The van der Waals surface area contributed by atoms with Gasteiger partial charge in [-0.3, -0.25) is 0 Å². The number of aromatic nitrogens is 1. The van der Waals surface area contributed by atoms with Crippen molar-refractivity contribution in [1.29, 1.82) is 0 Å². The third-order valence-corrected chi connectivity index (χ3v) is 7.97. The highest BCUT2D eigenvalue weighted by molar-refractivity contribution is 7.91. The normalized spacial score (nSPS) is 15.4. The van der Waals surface area contributed by atoms with E-state index in [2.05, 4.69) is 14.6 Å². The second kappa shape index (κ2) is 7.29. The summed E-state index contributed by atoms with van der Waals surface area (Å²) in [6.45, 7) is 4.57. The molecule has 0 aliphatic carbocycles. The number of hydrogen-bond acceptors (Lipinski definition) is 6. The van der Waals surface area contributed by atoms with Gasteiger partial charge < -0.3 is 4.90 Å². The van der Waals surface area contributed by atoms with Gasteiger partial charge in [-0.25, -0.2) is 18.1 Å². The van der Waals surface area contributed by atoms with Crippen LogP contribution < -0.4 is 9.62 Å². The Bertz CT molecular complexity index is 746. The van der Waals surface area contributed by atoms with Crippen molar-refractivity contribution in [2.24, 2.45) is 0 Å². The lowest BCUT2D eigenvalue weighted by molar-refractivity contribution is 0.583. The average Bonchev–Trinajstić information content (AvgIpc) is 3.27. The Hall–Kier alpha value is -0.960. The number of hydrogen-bond donors (Lipinski definition) is 1. The predicted molar refractivity (Wildman–Crippen MR) is 96.2 cm³/mol. The van der Waals surface area contributed by atoms with Crippen LogP contribution in [0.15, 0.2) is 21.7 Å². The third-order valence-electron chi connectivity index (χ3n) is 3.84. The lowest BCUT2D eigenvalue weighted by Gasteiger charge is -2.12. The van der Waals surface area contributed by atoms with Crippen LogP contribution in [0.25, 0.3) is 0 Å². The Morgan fingerprint density at radius 2 is 2.09 bits per heavy atom. The monoisotopic (exact) mass is 371 g/mol. The molecule has 0 unspecified atom stereocenters. The van der Waals surface area contributed by atoms with Crippen molar-refractivity contribution >= 4 is 37.8 Å². The zero-order valence-electron chi connectivity index (χ0n) is 13.1. The highest BCUT2D eigenvalue weighted by atomic mass is 32.2. The van der Waals surface area contributed by atoms with Gasteiger partial charge in [0.1, 0.15) is 4.21 Å². The van der Waals surface area contributed by atoms with Crippen LogP contribution >= 0.6 is 22.7 Å². The molecule has 8 heteroatoms. The van der Waals surface area contributed by atoms with Gasteiger partial charge in [0.15, 0.2) is 5.13 Å². The highest BCUT2D eigenvalue weighted by Gasteiger charge is 2.18. The molecule has 1 saturated heterocycles. The Labute approximate surface area is 145 Å². The van der Waals surface area contributed by atoms with E-state index in [9.17, 15) is 8.42 Å². The first-order valence-corrected chi connectivity index (χ1v) is 11.0. The Balaban J connectivity index is 1.54. The molecule has 0 aromatic carbocycles. The van der Waals surface area contributed by atoms with Crippen LogP contribution in [0.5, 0.6) is 0 Å². The van der Waals surface area contributed by atoms with Crippen LogP contribution in [0, 0.1) is 0 Å². The minimum Gasteiger partial charge on any atom is -0.348 e. The van der Waals surface area contributed by atoms with Crippen LogP contribution in [0.4, 0.5) is 5.13 Å². The molecule has 3 rings (SSSR count). The van der Waals surface area contributed by atoms with Gasteiger partial charge in [0.05, 0.1) is 5.69 Å². The summed E-state index contributed by atoms with van der Waals surface area (Å²) in [5, 5.41) is 3.09. The number of nitrogens with zero attached hydrogens (tertiary/aromatic N) is 2. The SMILES string of the molecule is CCc1ccc(S(=O)(=O)NCCc2csc(N3CCCC3)n2)s1. The molecule has 23 heavy (non-hydrogen) atoms. The Morgan fingerprint density at radius 1 is 1.30 bits per heavy atom. The maximum absolute atomic E-state index is 12.2. The topological polar surface area (TPSA) is 62.3 Å². The van der Waals surface area contributed by atoms with Gasteiger partial charge in [0, 0.05) is 36.3 Å². The van der Waals surface area contributed by atoms with Crippen molar-refractivity contribution in [2.75, 3.05) is 24.5 Å². The van der Waals surface area contributed by atoms with Gasteiger partial charge in [-0.15, -0.1) is 22.7 Å². The number of rotatable bonds is 7. The molecule has 5 nitrogen and oxygen atoms in total. The number of sulfonamides is 1. The molecule has 1 aliphatic heterocycles. The summed E-state index contributed by atoms with van der Waals surface area (Å²) >= 11 is 2.98. The molecular formula is C15H21N3O2S3. The molecule has 1 aliphatic rings. The first-order chi connectivity index (χ1) is 11.1. The lowest BCUT2D eigenvalue weighted by Crippen LogP contribution is -2.25. The molecular weight excluding hydrogens is 350 g/mol. The van der Waals surface area contributed by atoms with Crippen LogP contribution in [0.1, 0.15) is 30.3 Å². The van der Waals surface area contributed by atoms with E-state index in [0.29, 0.717) is 17.2 Å². The summed E-state index contributed by atoms with van der Waals surface area (Å²) in [5.41, 5.74) is 0.958. The summed E-state index contributed by atoms with van der Waals surface area (Å²) in [6.07, 6.45) is 3.94. The molecule has 0 radical (unpaired) electrons. The van der Waals surface area contributed by atoms with Gasteiger partial charge in [-0.05, 0) is 31.4 Å². The van der Waals surface area contributed by atoms with Crippen molar-refractivity contribution in [1.82, 2.24) is 9.71 Å². The van der Waals surface area contributed by atoms with E-state index in [1.165, 1.54) is 24.2 Å². The van der Waals surface area contributed by atoms with Crippen molar-refractivity contribution in [3.8, 4) is 0 Å². The van der Waals surface area contributed by atoms with Gasteiger partial charge >= 0.3 is 0 Å². The van der Waals surface area contributed by atoms with Gasteiger partial charge in [-0.2, -0.15) is 0 Å². The molecule has 0 saturated carbocycles. The molecule has 0 amide bonds. The summed E-state index contributed by atoms with van der Waals surface area (Å²) < 4.78 is 27.5. The quantitative estimate of drug-likeness (QED) is 0.813. The number of nitrogens with one attached hydrogen (secondary N) is 1. The predicted octanol–water partition coefficient (Wildman–Crippen LogP) is 2.89. The fourth-order valence-electron chi connectivity index (χ4n) is 2.54.